The van der Waals surface area contributed by atoms with Crippen molar-refractivity contribution in [3.05, 3.63) is 24.7 Å². The Balaban J connectivity index is 0.000000845. The van der Waals surface area contributed by atoms with E-state index in [9.17, 15) is 0 Å². The van der Waals surface area contributed by atoms with Crippen molar-refractivity contribution in [1.82, 2.24) is 20.2 Å². The number of hydrogen-bond acceptors (Lipinski definition) is 4. The average molecular weight is 234 g/mol. The third kappa shape index (κ3) is 2.58. The van der Waals surface area contributed by atoms with E-state index in [0.717, 1.165) is 11.3 Å². The average Bonchev–Trinajstić information content (AvgIpc) is 2.56. The molecule has 0 radical (unpaired) electrons. The highest BCUT2D eigenvalue weighted by Crippen LogP contribution is 2.13. The van der Waals surface area contributed by atoms with Crippen LogP contribution in [0.3, 0.4) is 0 Å². The fourth-order valence-electron chi connectivity index (χ4n) is 0.926. The number of halogens is 2. The summed E-state index contributed by atoms with van der Waals surface area (Å²) in [7, 11) is 0. The number of H-pyrrole nitrogens is 1. The molecule has 2 aromatic heterocycles. The van der Waals surface area contributed by atoms with E-state index >= 15 is 0 Å². The van der Waals surface area contributed by atoms with E-state index in [2.05, 4.69) is 20.2 Å². The summed E-state index contributed by atoms with van der Waals surface area (Å²) < 4.78 is 0. The first-order valence-corrected chi connectivity index (χ1v) is 3.44. The Hall–Kier alpha value is -1.33. The van der Waals surface area contributed by atoms with Crippen LogP contribution in [0.25, 0.3) is 11.3 Å². The van der Waals surface area contributed by atoms with Gasteiger partial charge in [0.25, 0.3) is 0 Å². The Labute approximate surface area is 93.0 Å². The van der Waals surface area contributed by atoms with Gasteiger partial charge in [-0.25, -0.2) is 9.97 Å². The molecule has 0 atom stereocenters. The molecule has 0 fully saturated rings. The van der Waals surface area contributed by atoms with Crippen LogP contribution in [-0.2, 0) is 0 Å². The van der Waals surface area contributed by atoms with Crippen LogP contribution in [0.4, 0.5) is 5.95 Å². The van der Waals surface area contributed by atoms with E-state index in [1.807, 2.05) is 0 Å². The summed E-state index contributed by atoms with van der Waals surface area (Å²) >= 11 is 0. The summed E-state index contributed by atoms with van der Waals surface area (Å²) in [6.45, 7) is 0. The summed E-state index contributed by atoms with van der Waals surface area (Å²) in [6.07, 6.45) is 5.05. The summed E-state index contributed by atoms with van der Waals surface area (Å²) in [5.41, 5.74) is 7.09. The molecule has 76 valence electrons. The second-order valence-corrected chi connectivity index (χ2v) is 2.29. The standard InChI is InChI=1S/C7H7N5.2ClH/c8-7-9-2-1-6(12-7)5-3-10-11-4-5;;/h1-4H,(H,10,11)(H2,8,9,12);2*1H. The quantitative estimate of drug-likeness (QED) is 0.779. The molecule has 0 amide bonds. The molecule has 0 aliphatic carbocycles. The Morgan fingerprint density at radius 2 is 2.07 bits per heavy atom. The molecule has 2 heterocycles. The maximum Gasteiger partial charge on any atom is 0.220 e. The number of nitrogens with two attached hydrogens (primary N) is 1. The van der Waals surface area contributed by atoms with Crippen molar-refractivity contribution < 1.29 is 0 Å². The van der Waals surface area contributed by atoms with E-state index < -0.39 is 0 Å². The van der Waals surface area contributed by atoms with Crippen molar-refractivity contribution in [1.29, 1.82) is 0 Å². The lowest BCUT2D eigenvalue weighted by Gasteiger charge is -1.95. The van der Waals surface area contributed by atoms with E-state index in [0.29, 0.717) is 0 Å². The molecule has 0 unspecified atom stereocenters. The number of nitrogens with zero attached hydrogens (tertiary/aromatic N) is 3. The first-order chi connectivity index (χ1) is 5.86. The zero-order valence-corrected chi connectivity index (χ0v) is 8.68. The molecular formula is C7H9Cl2N5. The number of anilines is 1. The highest BCUT2D eigenvalue weighted by molar-refractivity contribution is 5.85. The summed E-state index contributed by atoms with van der Waals surface area (Å²) in [5.74, 6) is 0.272. The van der Waals surface area contributed by atoms with Crippen molar-refractivity contribution in [2.75, 3.05) is 5.73 Å². The van der Waals surface area contributed by atoms with E-state index in [-0.39, 0.29) is 30.8 Å². The molecule has 0 bridgehead atoms. The smallest absolute Gasteiger partial charge is 0.220 e. The van der Waals surface area contributed by atoms with Crippen molar-refractivity contribution in [3.8, 4) is 11.3 Å². The van der Waals surface area contributed by atoms with Gasteiger partial charge in [-0.15, -0.1) is 24.8 Å². The topological polar surface area (TPSA) is 80.5 Å². The van der Waals surface area contributed by atoms with Gasteiger partial charge in [0.05, 0.1) is 11.9 Å². The highest BCUT2D eigenvalue weighted by atomic mass is 35.5. The third-order valence-corrected chi connectivity index (χ3v) is 1.47. The van der Waals surface area contributed by atoms with Crippen LogP contribution in [-0.4, -0.2) is 20.2 Å². The highest BCUT2D eigenvalue weighted by Gasteiger charge is 1.99. The predicted octanol–water partition coefficient (Wildman–Crippen LogP) is 1.29. The Morgan fingerprint density at radius 1 is 1.29 bits per heavy atom. The zero-order chi connectivity index (χ0) is 8.39. The molecule has 5 nitrogen and oxygen atoms in total. The molecule has 14 heavy (non-hydrogen) atoms. The van der Waals surface area contributed by atoms with E-state index in [4.69, 9.17) is 5.73 Å². The molecule has 2 aromatic rings. The fourth-order valence-corrected chi connectivity index (χ4v) is 0.926. The Kier molecular flexibility index (Phi) is 4.90. The minimum Gasteiger partial charge on any atom is -0.368 e. The van der Waals surface area contributed by atoms with Gasteiger partial charge in [0.1, 0.15) is 0 Å². The Morgan fingerprint density at radius 3 is 2.64 bits per heavy atom. The third-order valence-electron chi connectivity index (χ3n) is 1.47. The minimum atomic E-state index is 0. The lowest BCUT2D eigenvalue weighted by Crippen LogP contribution is -1.94. The van der Waals surface area contributed by atoms with E-state index in [1.165, 1.54) is 0 Å². The molecular weight excluding hydrogens is 225 g/mol. The van der Waals surface area contributed by atoms with Gasteiger partial charge in [-0.05, 0) is 6.07 Å². The van der Waals surface area contributed by atoms with Gasteiger partial charge in [-0.2, -0.15) is 5.10 Å². The first kappa shape index (κ1) is 12.7. The molecule has 0 saturated carbocycles. The predicted molar refractivity (Wildman–Crippen MR) is 58.5 cm³/mol. The van der Waals surface area contributed by atoms with Crippen molar-refractivity contribution in [3.63, 3.8) is 0 Å². The van der Waals surface area contributed by atoms with Gasteiger partial charge < -0.3 is 5.73 Å². The van der Waals surface area contributed by atoms with Gasteiger partial charge in [-0.3, -0.25) is 5.10 Å². The van der Waals surface area contributed by atoms with Crippen molar-refractivity contribution >= 4 is 30.8 Å². The SMILES string of the molecule is Cl.Cl.Nc1nccc(-c2cn[nH]c2)n1. The minimum absolute atomic E-state index is 0. The molecule has 7 heteroatoms. The lowest BCUT2D eigenvalue weighted by molar-refractivity contribution is 1.09. The number of rotatable bonds is 1. The second kappa shape index (κ2) is 5.41. The monoisotopic (exact) mass is 233 g/mol. The summed E-state index contributed by atoms with van der Waals surface area (Å²) in [4.78, 5) is 7.81. The van der Waals surface area contributed by atoms with Gasteiger partial charge in [0.2, 0.25) is 5.95 Å². The largest absolute Gasteiger partial charge is 0.368 e. The van der Waals surface area contributed by atoms with Crippen LogP contribution in [0.15, 0.2) is 24.7 Å². The molecule has 0 aliphatic rings. The van der Waals surface area contributed by atoms with Crippen LogP contribution in [0.5, 0.6) is 0 Å². The van der Waals surface area contributed by atoms with Crippen LogP contribution < -0.4 is 5.73 Å². The number of nitrogens with one attached hydrogen (secondary N) is 1. The molecule has 0 spiro atoms. The first-order valence-electron chi connectivity index (χ1n) is 3.44. The summed E-state index contributed by atoms with van der Waals surface area (Å²) in [6, 6.07) is 1.78. The maximum atomic E-state index is 5.41. The van der Waals surface area contributed by atoms with Gasteiger partial charge in [-0.1, -0.05) is 0 Å². The number of nitrogen functional groups attached to an aromatic ring is 1. The number of aromatic amines is 1. The molecule has 0 saturated heterocycles. The maximum absolute atomic E-state index is 5.41. The Bertz CT molecular complexity index is 375. The fraction of sp³-hybridized carbons (Fsp3) is 0. The van der Waals surface area contributed by atoms with Gasteiger partial charge in [0.15, 0.2) is 0 Å². The molecule has 3 N–H and O–H groups in total. The number of aromatic nitrogens is 4. The molecule has 0 aromatic carbocycles. The summed E-state index contributed by atoms with van der Waals surface area (Å²) in [5, 5.41) is 6.50. The lowest BCUT2D eigenvalue weighted by atomic mass is 10.2. The van der Waals surface area contributed by atoms with Gasteiger partial charge in [0, 0.05) is 18.0 Å². The number of hydrogen-bond donors (Lipinski definition) is 2. The van der Waals surface area contributed by atoms with Crippen LogP contribution in [0, 0.1) is 0 Å². The normalized spacial score (nSPS) is 8.57. The van der Waals surface area contributed by atoms with E-state index in [1.54, 1.807) is 24.7 Å². The van der Waals surface area contributed by atoms with Crippen LogP contribution in [0.1, 0.15) is 0 Å². The molecule has 0 aliphatic heterocycles. The van der Waals surface area contributed by atoms with Crippen LogP contribution >= 0.6 is 24.8 Å². The van der Waals surface area contributed by atoms with Crippen molar-refractivity contribution in [2.45, 2.75) is 0 Å². The second-order valence-electron chi connectivity index (χ2n) is 2.29. The molecule has 2 rings (SSSR count). The van der Waals surface area contributed by atoms with Gasteiger partial charge >= 0.3 is 0 Å². The zero-order valence-electron chi connectivity index (χ0n) is 7.04. The van der Waals surface area contributed by atoms with Crippen LogP contribution in [0.2, 0.25) is 0 Å². The van der Waals surface area contributed by atoms with Crippen molar-refractivity contribution in [2.24, 2.45) is 0 Å².